The maximum Gasteiger partial charge on any atom is 0.321 e. The number of nitrogens with one attached hydrogen (secondary N) is 2. The number of carbonyl (C=O) groups is 2. The molecule has 0 bridgehead atoms. The topological polar surface area (TPSA) is 116 Å². The zero-order valence-electron chi connectivity index (χ0n) is 14.4. The molecular formula is C16H23N3O5S. The summed E-state index contributed by atoms with van der Waals surface area (Å²) in [6, 6.07) is 4.03. The number of carboxylic acids is 1. The second kappa shape index (κ2) is 7.40. The maximum absolute atomic E-state index is 12.5. The van der Waals surface area contributed by atoms with Crippen LogP contribution in [0, 0.1) is 18.8 Å². The number of piperidine rings is 1. The van der Waals surface area contributed by atoms with E-state index in [1.54, 1.807) is 13.0 Å². The van der Waals surface area contributed by atoms with Crippen LogP contribution in [0.3, 0.4) is 0 Å². The number of aliphatic carboxylic acids is 1. The summed E-state index contributed by atoms with van der Waals surface area (Å²) in [4.78, 5) is 25.3. The average Bonchev–Trinajstić information content (AvgIpc) is 2.55. The van der Waals surface area contributed by atoms with Gasteiger partial charge >= 0.3 is 12.0 Å². The van der Waals surface area contributed by atoms with Crippen LogP contribution < -0.4 is 10.0 Å². The minimum Gasteiger partial charge on any atom is -0.481 e. The Morgan fingerprint density at radius 3 is 2.56 bits per heavy atom. The van der Waals surface area contributed by atoms with Crippen LogP contribution in [-0.4, -0.2) is 50.6 Å². The molecule has 25 heavy (non-hydrogen) atoms. The molecule has 0 saturated carbocycles. The van der Waals surface area contributed by atoms with Gasteiger partial charge in [-0.15, -0.1) is 0 Å². The van der Waals surface area contributed by atoms with E-state index in [0.717, 1.165) is 0 Å². The fourth-order valence-corrected chi connectivity index (χ4v) is 3.67. The quantitative estimate of drug-likeness (QED) is 0.743. The number of hydrogen-bond acceptors (Lipinski definition) is 4. The summed E-state index contributed by atoms with van der Waals surface area (Å²) < 4.78 is 26.1. The van der Waals surface area contributed by atoms with Gasteiger partial charge < -0.3 is 15.3 Å². The van der Waals surface area contributed by atoms with Gasteiger partial charge in [0.2, 0.25) is 10.0 Å². The second-order valence-electron chi connectivity index (χ2n) is 6.40. The Hall–Kier alpha value is -2.13. The van der Waals surface area contributed by atoms with E-state index >= 15 is 0 Å². The van der Waals surface area contributed by atoms with Gasteiger partial charge in [-0.3, -0.25) is 4.79 Å². The molecule has 2 unspecified atom stereocenters. The first kappa shape index (κ1) is 19.2. The molecule has 1 aromatic rings. The first-order valence-electron chi connectivity index (χ1n) is 7.97. The van der Waals surface area contributed by atoms with Gasteiger partial charge in [0.05, 0.1) is 10.8 Å². The van der Waals surface area contributed by atoms with Gasteiger partial charge in [-0.2, -0.15) is 0 Å². The Labute approximate surface area is 147 Å². The number of rotatable bonds is 4. The Morgan fingerprint density at radius 2 is 1.96 bits per heavy atom. The summed E-state index contributed by atoms with van der Waals surface area (Å²) in [5, 5.41) is 11.9. The molecule has 138 valence electrons. The number of amides is 2. The third-order valence-corrected chi connectivity index (χ3v) is 5.74. The van der Waals surface area contributed by atoms with E-state index in [1.165, 1.54) is 24.1 Å². The Bertz CT molecular complexity index is 778. The van der Waals surface area contributed by atoms with E-state index in [9.17, 15) is 23.1 Å². The predicted octanol–water partition coefficient (Wildman–Crippen LogP) is 1.48. The number of nitrogens with zero attached hydrogens (tertiary/aromatic N) is 1. The van der Waals surface area contributed by atoms with Crippen molar-refractivity contribution in [1.82, 2.24) is 9.62 Å². The summed E-state index contributed by atoms with van der Waals surface area (Å²) >= 11 is 0. The van der Waals surface area contributed by atoms with Gasteiger partial charge in [0.1, 0.15) is 0 Å². The summed E-state index contributed by atoms with van der Waals surface area (Å²) in [5.74, 6) is -1.42. The lowest BCUT2D eigenvalue weighted by Crippen LogP contribution is -2.47. The van der Waals surface area contributed by atoms with E-state index in [-0.39, 0.29) is 17.4 Å². The van der Waals surface area contributed by atoms with Crippen molar-refractivity contribution in [3.63, 3.8) is 0 Å². The van der Waals surface area contributed by atoms with E-state index in [2.05, 4.69) is 10.0 Å². The highest BCUT2D eigenvalue weighted by Crippen LogP contribution is 2.24. The minimum absolute atomic E-state index is 0.0475. The standard InChI is InChI=1S/C16H23N3O5S/c1-10-6-12(15(20)21)9-19(8-10)16(22)18-14-7-13(5-4-11(14)2)25(23,24)17-3/h4-5,7,10,12,17H,6,8-9H2,1-3H3,(H,18,22)(H,20,21). The molecule has 0 radical (unpaired) electrons. The largest absolute Gasteiger partial charge is 0.481 e. The Kier molecular flexibility index (Phi) is 5.69. The molecule has 9 heteroatoms. The molecule has 1 fully saturated rings. The molecule has 2 rings (SSSR count). The monoisotopic (exact) mass is 369 g/mol. The molecule has 0 aliphatic carbocycles. The van der Waals surface area contributed by atoms with Gasteiger partial charge in [0.25, 0.3) is 0 Å². The van der Waals surface area contributed by atoms with Crippen LogP contribution in [0.25, 0.3) is 0 Å². The number of anilines is 1. The normalized spacial score (nSPS) is 21.0. The van der Waals surface area contributed by atoms with Crippen LogP contribution in [0.5, 0.6) is 0 Å². The van der Waals surface area contributed by atoms with Crippen molar-refractivity contribution in [2.75, 3.05) is 25.5 Å². The number of benzene rings is 1. The molecule has 0 aromatic heterocycles. The van der Waals surface area contributed by atoms with Crippen molar-refractivity contribution in [1.29, 1.82) is 0 Å². The first-order valence-corrected chi connectivity index (χ1v) is 9.45. The molecule has 2 atom stereocenters. The fraction of sp³-hybridized carbons (Fsp3) is 0.500. The maximum atomic E-state index is 12.5. The molecule has 1 heterocycles. The fourth-order valence-electron chi connectivity index (χ4n) is 2.91. The van der Waals surface area contributed by atoms with Crippen LogP contribution in [0.2, 0.25) is 0 Å². The van der Waals surface area contributed by atoms with Crippen molar-refractivity contribution >= 4 is 27.7 Å². The van der Waals surface area contributed by atoms with Crippen LogP contribution in [-0.2, 0) is 14.8 Å². The molecule has 0 spiro atoms. The minimum atomic E-state index is -3.62. The zero-order chi connectivity index (χ0) is 18.8. The van der Waals surface area contributed by atoms with E-state index in [0.29, 0.717) is 24.2 Å². The zero-order valence-corrected chi connectivity index (χ0v) is 15.3. The van der Waals surface area contributed by atoms with Crippen LogP contribution >= 0.6 is 0 Å². The highest BCUT2D eigenvalue weighted by atomic mass is 32.2. The van der Waals surface area contributed by atoms with Gasteiger partial charge in [-0.05, 0) is 44.0 Å². The molecular weight excluding hydrogens is 346 g/mol. The Morgan fingerprint density at radius 1 is 1.28 bits per heavy atom. The molecule has 8 nitrogen and oxygen atoms in total. The van der Waals surface area contributed by atoms with E-state index < -0.39 is 27.9 Å². The highest BCUT2D eigenvalue weighted by molar-refractivity contribution is 7.89. The molecule has 1 aliphatic rings. The van der Waals surface area contributed by atoms with Crippen molar-refractivity contribution in [3.8, 4) is 0 Å². The number of hydrogen-bond donors (Lipinski definition) is 3. The van der Waals surface area contributed by atoms with Gasteiger partial charge in [-0.1, -0.05) is 13.0 Å². The molecule has 1 aliphatic heterocycles. The number of urea groups is 1. The first-order chi connectivity index (χ1) is 11.6. The van der Waals surface area contributed by atoms with Gasteiger partial charge in [0.15, 0.2) is 0 Å². The molecule has 3 N–H and O–H groups in total. The Balaban J connectivity index is 2.20. The number of aryl methyl sites for hydroxylation is 1. The number of carbonyl (C=O) groups excluding carboxylic acids is 1. The van der Waals surface area contributed by atoms with Crippen LogP contribution in [0.15, 0.2) is 23.1 Å². The molecule has 2 amide bonds. The van der Waals surface area contributed by atoms with Gasteiger partial charge in [-0.25, -0.2) is 17.9 Å². The smallest absolute Gasteiger partial charge is 0.321 e. The third kappa shape index (κ3) is 4.49. The summed E-state index contributed by atoms with van der Waals surface area (Å²) in [5.41, 5.74) is 1.09. The summed E-state index contributed by atoms with van der Waals surface area (Å²) in [6.07, 6.45) is 0.536. The van der Waals surface area contributed by atoms with E-state index in [1.807, 2.05) is 6.92 Å². The number of sulfonamides is 1. The summed E-state index contributed by atoms with van der Waals surface area (Å²) in [6.45, 7) is 4.26. The number of likely N-dealkylation sites (tertiary alicyclic amines) is 1. The predicted molar refractivity (Wildman–Crippen MR) is 92.9 cm³/mol. The highest BCUT2D eigenvalue weighted by Gasteiger charge is 2.32. The van der Waals surface area contributed by atoms with Crippen molar-refractivity contribution in [3.05, 3.63) is 23.8 Å². The van der Waals surface area contributed by atoms with E-state index in [4.69, 9.17) is 0 Å². The van der Waals surface area contributed by atoms with Gasteiger partial charge in [0, 0.05) is 18.8 Å². The average molecular weight is 369 g/mol. The SMILES string of the molecule is CNS(=O)(=O)c1ccc(C)c(NC(=O)N2CC(C)CC(C(=O)O)C2)c1. The van der Waals surface area contributed by atoms with Crippen LogP contribution in [0.1, 0.15) is 18.9 Å². The summed E-state index contributed by atoms with van der Waals surface area (Å²) in [7, 11) is -2.31. The van der Waals surface area contributed by atoms with Crippen molar-refractivity contribution in [2.45, 2.75) is 25.2 Å². The lowest BCUT2D eigenvalue weighted by molar-refractivity contribution is -0.143. The van der Waals surface area contributed by atoms with Crippen molar-refractivity contribution < 1.29 is 23.1 Å². The lowest BCUT2D eigenvalue weighted by atomic mass is 9.91. The second-order valence-corrected chi connectivity index (χ2v) is 8.28. The van der Waals surface area contributed by atoms with Crippen LogP contribution in [0.4, 0.5) is 10.5 Å². The molecule has 1 aromatic carbocycles. The third-order valence-electron chi connectivity index (χ3n) is 4.33. The lowest BCUT2D eigenvalue weighted by Gasteiger charge is -2.34. The van der Waals surface area contributed by atoms with Crippen molar-refractivity contribution in [2.24, 2.45) is 11.8 Å². The number of carboxylic acid groups (broad SMARTS) is 1. The molecule has 1 saturated heterocycles.